The van der Waals surface area contributed by atoms with Gasteiger partial charge < -0.3 is 14.2 Å². The predicted octanol–water partition coefficient (Wildman–Crippen LogP) is 17.9. The quantitative estimate of drug-likeness (QED) is 0.0262. The number of esters is 3. The van der Waals surface area contributed by atoms with Crippen molar-refractivity contribution in [2.75, 3.05) is 13.2 Å². The molecule has 63 heavy (non-hydrogen) atoms. The van der Waals surface area contributed by atoms with E-state index in [4.69, 9.17) is 14.2 Å². The van der Waals surface area contributed by atoms with Crippen LogP contribution >= 0.6 is 0 Å². The van der Waals surface area contributed by atoms with Gasteiger partial charge in [-0.1, -0.05) is 223 Å². The second-order valence-corrected chi connectivity index (χ2v) is 18.1. The maximum absolute atomic E-state index is 12.8. The van der Waals surface area contributed by atoms with Gasteiger partial charge in [-0.25, -0.2) is 0 Å². The fourth-order valence-corrected chi connectivity index (χ4v) is 7.68. The normalized spacial score (nSPS) is 12.4. The van der Waals surface area contributed by atoms with Crippen LogP contribution < -0.4 is 0 Å². The summed E-state index contributed by atoms with van der Waals surface area (Å²) in [5.74, 6) is -0.918. The van der Waals surface area contributed by atoms with Gasteiger partial charge in [0, 0.05) is 19.3 Å². The Balaban J connectivity index is 4.40. The van der Waals surface area contributed by atoms with Crippen molar-refractivity contribution in [2.45, 2.75) is 284 Å². The molecule has 0 amide bonds. The Labute approximate surface area is 390 Å². The van der Waals surface area contributed by atoms with Crippen LogP contribution in [-0.4, -0.2) is 37.2 Å². The lowest BCUT2D eigenvalue weighted by Crippen LogP contribution is -2.30. The van der Waals surface area contributed by atoms with Crippen molar-refractivity contribution in [2.24, 2.45) is 0 Å². The molecular weight excluding hydrogens is 781 g/mol. The third kappa shape index (κ3) is 50.2. The van der Waals surface area contributed by atoms with E-state index in [0.29, 0.717) is 19.3 Å². The van der Waals surface area contributed by atoms with Crippen LogP contribution in [0.15, 0.2) is 48.6 Å². The lowest BCUT2D eigenvalue weighted by Gasteiger charge is -2.18. The molecule has 0 radical (unpaired) electrons. The molecule has 0 aliphatic heterocycles. The van der Waals surface area contributed by atoms with Crippen molar-refractivity contribution < 1.29 is 28.6 Å². The van der Waals surface area contributed by atoms with Crippen LogP contribution in [0.4, 0.5) is 0 Å². The monoisotopic (exact) mass is 883 g/mol. The highest BCUT2D eigenvalue weighted by atomic mass is 16.6. The molecule has 0 spiro atoms. The Kier molecular flexibility index (Phi) is 49.8. The van der Waals surface area contributed by atoms with Gasteiger partial charge in [-0.15, -0.1) is 0 Å². The summed E-state index contributed by atoms with van der Waals surface area (Å²) in [5, 5.41) is 0. The summed E-state index contributed by atoms with van der Waals surface area (Å²) in [5.41, 5.74) is 0. The molecular formula is C57H102O6. The van der Waals surface area contributed by atoms with Gasteiger partial charge in [-0.2, -0.15) is 0 Å². The molecule has 6 heteroatoms. The average Bonchev–Trinajstić information content (AvgIpc) is 3.28. The van der Waals surface area contributed by atoms with Crippen LogP contribution in [0, 0.1) is 0 Å². The van der Waals surface area contributed by atoms with Gasteiger partial charge in [0.2, 0.25) is 0 Å². The maximum Gasteiger partial charge on any atom is 0.306 e. The lowest BCUT2D eigenvalue weighted by molar-refractivity contribution is -0.167. The molecule has 0 aliphatic rings. The fraction of sp³-hybridized carbons (Fsp3) is 0.807. The Morgan fingerprint density at radius 2 is 0.571 bits per heavy atom. The highest BCUT2D eigenvalue weighted by Crippen LogP contribution is 2.15. The van der Waals surface area contributed by atoms with Gasteiger partial charge in [0.25, 0.3) is 0 Å². The van der Waals surface area contributed by atoms with Gasteiger partial charge in [0.15, 0.2) is 6.10 Å². The van der Waals surface area contributed by atoms with Crippen LogP contribution in [0.3, 0.4) is 0 Å². The first-order valence-corrected chi connectivity index (χ1v) is 27.1. The minimum absolute atomic E-state index is 0.0850. The molecule has 0 bridgehead atoms. The zero-order valence-electron chi connectivity index (χ0n) is 41.8. The Morgan fingerprint density at radius 3 is 0.968 bits per heavy atom. The second kappa shape index (κ2) is 52.0. The van der Waals surface area contributed by atoms with Gasteiger partial charge in [-0.05, 0) is 83.5 Å². The van der Waals surface area contributed by atoms with E-state index in [0.717, 1.165) is 70.6 Å². The summed E-state index contributed by atoms with van der Waals surface area (Å²) in [4.78, 5) is 38.0. The van der Waals surface area contributed by atoms with E-state index in [2.05, 4.69) is 69.4 Å². The largest absolute Gasteiger partial charge is 0.462 e. The molecule has 366 valence electrons. The number of hydrogen-bond donors (Lipinski definition) is 0. The van der Waals surface area contributed by atoms with E-state index >= 15 is 0 Å². The van der Waals surface area contributed by atoms with Crippen molar-refractivity contribution in [3.63, 3.8) is 0 Å². The number of ether oxygens (including phenoxy) is 3. The minimum Gasteiger partial charge on any atom is -0.462 e. The number of allylic oxidation sites excluding steroid dienone is 8. The summed E-state index contributed by atoms with van der Waals surface area (Å²) >= 11 is 0. The summed E-state index contributed by atoms with van der Waals surface area (Å²) < 4.78 is 16.8. The number of hydrogen-bond acceptors (Lipinski definition) is 6. The molecule has 0 aromatic heterocycles. The zero-order chi connectivity index (χ0) is 45.8. The number of rotatable bonds is 49. The minimum atomic E-state index is -0.787. The maximum atomic E-state index is 12.8. The first-order chi connectivity index (χ1) is 31.0. The predicted molar refractivity (Wildman–Crippen MR) is 270 cm³/mol. The van der Waals surface area contributed by atoms with E-state index < -0.39 is 6.10 Å². The van der Waals surface area contributed by atoms with Gasteiger partial charge in [0.05, 0.1) is 0 Å². The van der Waals surface area contributed by atoms with E-state index in [1.54, 1.807) is 0 Å². The summed E-state index contributed by atoms with van der Waals surface area (Å²) in [6.07, 6.45) is 62.4. The summed E-state index contributed by atoms with van der Waals surface area (Å²) in [6.45, 7) is 6.59. The van der Waals surface area contributed by atoms with E-state index in [9.17, 15) is 14.4 Å². The Morgan fingerprint density at radius 1 is 0.317 bits per heavy atom. The molecule has 0 heterocycles. The Bertz CT molecular complexity index is 1110. The van der Waals surface area contributed by atoms with Crippen molar-refractivity contribution >= 4 is 17.9 Å². The molecule has 0 saturated heterocycles. The summed E-state index contributed by atoms with van der Waals surface area (Å²) in [7, 11) is 0. The topological polar surface area (TPSA) is 78.9 Å². The van der Waals surface area contributed by atoms with Crippen LogP contribution in [0.25, 0.3) is 0 Å². The van der Waals surface area contributed by atoms with Crippen LogP contribution in [0.1, 0.15) is 278 Å². The highest BCUT2D eigenvalue weighted by Gasteiger charge is 2.19. The second-order valence-electron chi connectivity index (χ2n) is 18.1. The molecule has 6 nitrogen and oxygen atoms in total. The zero-order valence-corrected chi connectivity index (χ0v) is 41.8. The van der Waals surface area contributed by atoms with Gasteiger partial charge >= 0.3 is 17.9 Å². The lowest BCUT2D eigenvalue weighted by atomic mass is 10.0. The van der Waals surface area contributed by atoms with E-state index in [1.165, 1.54) is 167 Å². The molecule has 0 unspecified atom stereocenters. The van der Waals surface area contributed by atoms with Gasteiger partial charge in [0.1, 0.15) is 13.2 Å². The van der Waals surface area contributed by atoms with E-state index in [-0.39, 0.29) is 31.1 Å². The van der Waals surface area contributed by atoms with E-state index in [1.807, 2.05) is 0 Å². The van der Waals surface area contributed by atoms with Crippen molar-refractivity contribution in [3.8, 4) is 0 Å². The van der Waals surface area contributed by atoms with Crippen LogP contribution in [0.2, 0.25) is 0 Å². The SMILES string of the molecule is CCCCC/C=C\C/C=C\C/C=C\CCCCC(=O)OC[C@H](COC(=O)CCCCCCCCC/C=C\CCCCCCCC)OC(=O)CCCCCCCCCCCCCCC. The molecule has 0 rings (SSSR count). The third-order valence-corrected chi connectivity index (χ3v) is 11.8. The molecule has 0 aromatic carbocycles. The van der Waals surface area contributed by atoms with Crippen LogP contribution in [0.5, 0.6) is 0 Å². The summed E-state index contributed by atoms with van der Waals surface area (Å²) in [6, 6.07) is 0. The molecule has 0 N–H and O–H groups in total. The smallest absolute Gasteiger partial charge is 0.306 e. The Hall–Kier alpha value is -2.63. The third-order valence-electron chi connectivity index (χ3n) is 11.8. The fourth-order valence-electron chi connectivity index (χ4n) is 7.68. The standard InChI is InChI=1S/C57H102O6/c1-4-7-10-13-16-19-22-25-27-28-30-33-35-38-41-44-47-50-56(59)62-53-54(63-57(60)51-48-45-42-39-36-31-24-21-18-15-12-9-6-3)52-61-55(58)49-46-43-40-37-34-32-29-26-23-20-17-14-11-8-5-2/h17,20,25-27,29,34,37,54H,4-16,18-19,21-24,28,30-33,35-36,38-53H2,1-3H3/b20-17-,27-25-,29-26-,37-34-/t54-/m1/s1. The van der Waals surface area contributed by atoms with Crippen molar-refractivity contribution in [1.82, 2.24) is 0 Å². The van der Waals surface area contributed by atoms with Crippen molar-refractivity contribution in [1.29, 1.82) is 0 Å². The number of carbonyl (C=O) groups excluding carboxylic acids is 3. The number of unbranched alkanes of at least 4 members (excludes halogenated alkanes) is 30. The average molecular weight is 883 g/mol. The molecule has 1 atom stereocenters. The molecule has 0 fully saturated rings. The van der Waals surface area contributed by atoms with Crippen LogP contribution in [-0.2, 0) is 28.6 Å². The number of carbonyl (C=O) groups is 3. The molecule has 0 saturated carbocycles. The first-order valence-electron chi connectivity index (χ1n) is 27.1. The first kappa shape index (κ1) is 60.4. The van der Waals surface area contributed by atoms with Gasteiger partial charge in [-0.3, -0.25) is 14.4 Å². The molecule has 0 aromatic rings. The highest BCUT2D eigenvalue weighted by molar-refractivity contribution is 5.71. The van der Waals surface area contributed by atoms with Crippen molar-refractivity contribution in [3.05, 3.63) is 48.6 Å². The molecule has 0 aliphatic carbocycles.